The van der Waals surface area contributed by atoms with Gasteiger partial charge in [-0.1, -0.05) is 44.2 Å². The number of primary amides is 1. The molecule has 1 rings (SSSR count). The number of carbonyl (C=O) groups excluding carboxylic acids is 6. The van der Waals surface area contributed by atoms with Crippen molar-refractivity contribution in [1.29, 1.82) is 0 Å². The number of hydrogen-bond donors (Lipinski definition) is 6. The average molecular weight is 562 g/mol. The van der Waals surface area contributed by atoms with Crippen LogP contribution in [0.4, 0.5) is 0 Å². The highest BCUT2D eigenvalue weighted by Crippen LogP contribution is 2.10. The lowest BCUT2D eigenvalue weighted by Crippen LogP contribution is -2.57. The number of hydrogen-bond acceptors (Lipinski definition) is 7. The number of benzene rings is 1. The van der Waals surface area contributed by atoms with Crippen LogP contribution in [-0.2, 0) is 35.2 Å². The molecule has 0 unspecified atom stereocenters. The third kappa shape index (κ3) is 11.4. The minimum Gasteiger partial charge on any atom is -0.368 e. The summed E-state index contributed by atoms with van der Waals surface area (Å²) in [6.45, 7) is 7.68. The van der Waals surface area contributed by atoms with Crippen molar-refractivity contribution in [3.63, 3.8) is 0 Å². The molecule has 1 aromatic rings. The lowest BCUT2D eigenvalue weighted by Gasteiger charge is -2.30. The van der Waals surface area contributed by atoms with Crippen LogP contribution in [0.1, 0.15) is 46.6 Å². The van der Waals surface area contributed by atoms with Gasteiger partial charge in [-0.25, -0.2) is 0 Å². The molecular weight excluding hydrogens is 518 g/mol. The third-order valence-corrected chi connectivity index (χ3v) is 6.10. The van der Waals surface area contributed by atoms with Crippen LogP contribution in [0.5, 0.6) is 0 Å². The Balaban J connectivity index is 2.98. The first-order valence-corrected chi connectivity index (χ1v) is 13.2. The summed E-state index contributed by atoms with van der Waals surface area (Å²) >= 11 is 0. The Bertz CT molecular complexity index is 1050. The Morgan fingerprint density at radius 3 is 1.93 bits per heavy atom. The van der Waals surface area contributed by atoms with Crippen molar-refractivity contribution in [3.05, 3.63) is 35.9 Å². The van der Waals surface area contributed by atoms with E-state index in [9.17, 15) is 28.8 Å². The second-order valence-electron chi connectivity index (χ2n) is 10.3. The minimum absolute atomic E-state index is 0.0363. The van der Waals surface area contributed by atoms with E-state index in [-0.39, 0.29) is 18.8 Å². The van der Waals surface area contributed by atoms with E-state index in [0.29, 0.717) is 0 Å². The Kier molecular flexibility index (Phi) is 13.8. The van der Waals surface area contributed by atoms with Crippen LogP contribution < -0.4 is 32.7 Å². The fourth-order valence-electron chi connectivity index (χ4n) is 3.73. The molecule has 0 heterocycles. The molecule has 40 heavy (non-hydrogen) atoms. The van der Waals surface area contributed by atoms with Crippen molar-refractivity contribution < 1.29 is 28.8 Å². The molecule has 0 bridgehead atoms. The van der Waals surface area contributed by atoms with Crippen LogP contribution in [-0.4, -0.2) is 84.1 Å². The molecule has 0 saturated carbocycles. The van der Waals surface area contributed by atoms with Crippen LogP contribution in [0.3, 0.4) is 0 Å². The molecule has 13 heteroatoms. The van der Waals surface area contributed by atoms with Crippen molar-refractivity contribution in [2.24, 2.45) is 17.4 Å². The molecule has 0 aromatic heterocycles. The second kappa shape index (κ2) is 16.2. The lowest BCUT2D eigenvalue weighted by atomic mass is 10.0. The van der Waals surface area contributed by atoms with Gasteiger partial charge in [-0.05, 0) is 38.7 Å². The zero-order valence-corrected chi connectivity index (χ0v) is 24.0. The van der Waals surface area contributed by atoms with Crippen LogP contribution >= 0.6 is 0 Å². The molecule has 222 valence electrons. The second-order valence-corrected chi connectivity index (χ2v) is 10.3. The maximum Gasteiger partial charge on any atom is 0.245 e. The fourth-order valence-corrected chi connectivity index (χ4v) is 3.73. The summed E-state index contributed by atoms with van der Waals surface area (Å²) in [5, 5.41) is 10.1. The topological polar surface area (TPSA) is 206 Å². The predicted octanol–water partition coefficient (Wildman–Crippen LogP) is -1.45. The van der Waals surface area contributed by atoms with E-state index in [1.807, 2.05) is 19.9 Å². The highest BCUT2D eigenvalue weighted by atomic mass is 16.2. The van der Waals surface area contributed by atoms with Crippen molar-refractivity contribution in [1.82, 2.24) is 26.2 Å². The number of nitrogens with zero attached hydrogens (tertiary/aromatic N) is 1. The summed E-state index contributed by atoms with van der Waals surface area (Å²) < 4.78 is 0. The Morgan fingerprint density at radius 1 is 0.825 bits per heavy atom. The molecule has 1 aromatic carbocycles. The molecule has 13 nitrogen and oxygen atoms in total. The SMILES string of the molecule is CC(C)C[C@H](NC(=O)CNC(=O)[C@H](Cc1ccccc1)N(C)C(=O)[C@H](C)NC(=O)[C@H](C)N)C(=O)N[C@@H](C)C(N)=O. The fraction of sp³-hybridized carbons (Fsp3) is 0.556. The highest BCUT2D eigenvalue weighted by Gasteiger charge is 2.31. The third-order valence-electron chi connectivity index (χ3n) is 6.10. The zero-order valence-electron chi connectivity index (χ0n) is 24.0. The van der Waals surface area contributed by atoms with Crippen LogP contribution in [0.2, 0.25) is 0 Å². The molecule has 0 aliphatic heterocycles. The van der Waals surface area contributed by atoms with Crippen molar-refractivity contribution >= 4 is 35.4 Å². The number of amides is 6. The van der Waals surface area contributed by atoms with Crippen LogP contribution in [0.25, 0.3) is 0 Å². The molecule has 0 radical (unpaired) electrons. The van der Waals surface area contributed by atoms with Gasteiger partial charge in [0.2, 0.25) is 35.4 Å². The van der Waals surface area contributed by atoms with Gasteiger partial charge < -0.3 is 37.6 Å². The molecule has 0 spiro atoms. The van der Waals surface area contributed by atoms with Crippen LogP contribution in [0.15, 0.2) is 30.3 Å². The van der Waals surface area contributed by atoms with Crippen molar-refractivity contribution in [3.8, 4) is 0 Å². The van der Waals surface area contributed by atoms with E-state index in [1.54, 1.807) is 24.3 Å². The smallest absolute Gasteiger partial charge is 0.245 e. The number of nitrogens with two attached hydrogens (primary N) is 2. The summed E-state index contributed by atoms with van der Waals surface area (Å²) in [6, 6.07) is 4.35. The molecular formula is C27H43N7O6. The van der Waals surface area contributed by atoms with Gasteiger partial charge >= 0.3 is 0 Å². The van der Waals surface area contributed by atoms with E-state index < -0.39 is 72.2 Å². The van der Waals surface area contributed by atoms with Gasteiger partial charge in [0.1, 0.15) is 24.2 Å². The summed E-state index contributed by atoms with van der Waals surface area (Å²) in [5.41, 5.74) is 11.6. The maximum atomic E-state index is 13.2. The Labute approximate surface area is 235 Å². The number of carbonyl (C=O) groups is 6. The molecule has 8 N–H and O–H groups in total. The van der Waals surface area contributed by atoms with E-state index in [1.165, 1.54) is 32.7 Å². The van der Waals surface area contributed by atoms with E-state index in [2.05, 4.69) is 21.3 Å². The van der Waals surface area contributed by atoms with Gasteiger partial charge in [-0.2, -0.15) is 0 Å². The standard InChI is InChI=1S/C27H43N7O6/c1-15(2)12-20(25(38)31-17(4)23(29)36)33-22(35)14-30-26(39)21(13-19-10-8-7-9-11-19)34(6)27(40)18(5)32-24(37)16(3)28/h7-11,15-18,20-21H,12-14,28H2,1-6H3,(H2,29,36)(H,30,39)(H,31,38)(H,32,37)(H,33,35)/t16-,17-,18-,20-,21-/m0/s1. The lowest BCUT2D eigenvalue weighted by molar-refractivity contribution is -0.141. The summed E-state index contributed by atoms with van der Waals surface area (Å²) in [4.78, 5) is 76.1. The first kappa shape index (κ1) is 34.0. The minimum atomic E-state index is -1.01. The monoisotopic (exact) mass is 561 g/mol. The van der Waals surface area contributed by atoms with Gasteiger partial charge in [0, 0.05) is 13.5 Å². The van der Waals surface area contributed by atoms with Crippen molar-refractivity contribution in [2.45, 2.75) is 77.7 Å². The summed E-state index contributed by atoms with van der Waals surface area (Å²) in [7, 11) is 1.44. The largest absolute Gasteiger partial charge is 0.368 e. The predicted molar refractivity (Wildman–Crippen MR) is 149 cm³/mol. The maximum absolute atomic E-state index is 13.2. The normalized spacial score (nSPS) is 14.6. The molecule has 0 fully saturated rings. The number of nitrogens with one attached hydrogen (secondary N) is 4. The first-order chi connectivity index (χ1) is 18.6. The molecule has 0 aliphatic carbocycles. The van der Waals surface area contributed by atoms with E-state index in [4.69, 9.17) is 11.5 Å². The van der Waals surface area contributed by atoms with Crippen LogP contribution in [0, 0.1) is 5.92 Å². The molecule has 6 amide bonds. The van der Waals surface area contributed by atoms with Crippen molar-refractivity contribution in [2.75, 3.05) is 13.6 Å². The quantitative estimate of drug-likeness (QED) is 0.150. The Hall–Kier alpha value is -4.00. The van der Waals surface area contributed by atoms with Gasteiger partial charge in [-0.3, -0.25) is 28.8 Å². The number of likely N-dealkylation sites (N-methyl/N-ethyl adjacent to an activating group) is 1. The average Bonchev–Trinajstić information content (AvgIpc) is 2.89. The van der Waals surface area contributed by atoms with Gasteiger partial charge in [0.05, 0.1) is 12.6 Å². The van der Waals surface area contributed by atoms with Gasteiger partial charge in [0.15, 0.2) is 0 Å². The summed E-state index contributed by atoms with van der Waals surface area (Å²) in [5.74, 6) is -3.53. The molecule has 0 aliphatic rings. The molecule has 5 atom stereocenters. The summed E-state index contributed by atoms with van der Waals surface area (Å²) in [6.07, 6.45) is 0.434. The zero-order chi connectivity index (χ0) is 30.6. The Morgan fingerprint density at radius 2 is 1.40 bits per heavy atom. The van der Waals surface area contributed by atoms with Gasteiger partial charge in [-0.15, -0.1) is 0 Å². The van der Waals surface area contributed by atoms with Gasteiger partial charge in [0.25, 0.3) is 0 Å². The first-order valence-electron chi connectivity index (χ1n) is 13.2. The van der Waals surface area contributed by atoms with E-state index in [0.717, 1.165) is 5.56 Å². The van der Waals surface area contributed by atoms with E-state index >= 15 is 0 Å². The molecule has 0 saturated heterocycles. The highest BCUT2D eigenvalue weighted by molar-refractivity contribution is 5.95. The number of rotatable bonds is 15.